The Bertz CT molecular complexity index is 156. The van der Waals surface area contributed by atoms with Crippen LogP contribution >= 0.6 is 0 Å². The van der Waals surface area contributed by atoms with Gasteiger partial charge in [-0.2, -0.15) is 0 Å². The normalized spacial score (nSPS) is 11.6. The van der Waals surface area contributed by atoms with Crippen molar-refractivity contribution in [1.82, 2.24) is 0 Å². The van der Waals surface area contributed by atoms with Gasteiger partial charge < -0.3 is 0 Å². The molecule has 2 heteroatoms. The number of hydrogen-bond donors (Lipinski definition) is 0. The first-order chi connectivity index (χ1) is 4.91. The molecule has 0 fully saturated rings. The van der Waals surface area contributed by atoms with Crippen molar-refractivity contribution in [3.63, 3.8) is 0 Å². The van der Waals surface area contributed by atoms with E-state index >= 15 is 0 Å². The molecule has 0 unspecified atom stereocenters. The zero-order valence-electron chi connectivity index (χ0n) is 5.77. The van der Waals surface area contributed by atoms with E-state index < -0.39 is 0 Å². The van der Waals surface area contributed by atoms with Gasteiger partial charge in [0.1, 0.15) is 0 Å². The number of hydrogen-bond acceptors (Lipinski definition) is 2. The van der Waals surface area contributed by atoms with Crippen molar-refractivity contribution in [1.29, 1.82) is 0 Å². The predicted octanol–water partition coefficient (Wildman–Crippen LogP) is 1.97. The Morgan fingerprint density at radius 1 is 0.700 bits per heavy atom. The van der Waals surface area contributed by atoms with E-state index in [1.54, 1.807) is 24.6 Å². The van der Waals surface area contributed by atoms with Crippen LogP contribution in [0.4, 0.5) is 0 Å². The third-order valence-corrected chi connectivity index (χ3v) is 0.716. The minimum atomic E-state index is 1.60. The first-order valence-corrected chi connectivity index (χ1v) is 2.82. The lowest BCUT2D eigenvalue weighted by atomic mass is 10.4. The molecule has 0 aliphatic rings. The van der Waals surface area contributed by atoms with E-state index in [1.807, 2.05) is 12.2 Å². The van der Waals surface area contributed by atoms with E-state index in [0.29, 0.717) is 0 Å². The Morgan fingerprint density at radius 3 is 1.40 bits per heavy atom. The van der Waals surface area contributed by atoms with E-state index in [1.165, 1.54) is 0 Å². The molecule has 0 aliphatic carbocycles. The third-order valence-electron chi connectivity index (χ3n) is 0.716. The fourth-order valence-corrected chi connectivity index (χ4v) is 0.349. The van der Waals surface area contributed by atoms with Gasteiger partial charge in [-0.1, -0.05) is 12.2 Å². The van der Waals surface area contributed by atoms with Crippen LogP contribution in [-0.4, -0.2) is 13.4 Å². The predicted molar refractivity (Wildman–Crippen MR) is 46.5 cm³/mol. The zero-order valence-corrected chi connectivity index (χ0v) is 5.77. The molecule has 0 saturated carbocycles. The van der Waals surface area contributed by atoms with E-state index in [4.69, 9.17) is 0 Å². The molecule has 0 atom stereocenters. The molecule has 0 amide bonds. The minimum absolute atomic E-state index is 1.60. The molecule has 0 N–H and O–H groups in total. The largest absolute Gasteiger partial charge is 0.273 e. The molecular formula is C8H10N2. The summed E-state index contributed by atoms with van der Waals surface area (Å²) in [6, 6.07) is 0. The second-order valence-corrected chi connectivity index (χ2v) is 1.43. The fraction of sp³-hybridized carbons (Fsp3) is 0. The highest BCUT2D eigenvalue weighted by Gasteiger charge is 1.59. The summed E-state index contributed by atoms with van der Waals surface area (Å²) in [5, 5.41) is 0. The quantitative estimate of drug-likeness (QED) is 0.415. The first kappa shape index (κ1) is 8.56. The highest BCUT2D eigenvalue weighted by molar-refractivity contribution is 5.27. The zero-order chi connectivity index (χ0) is 7.66. The van der Waals surface area contributed by atoms with Crippen LogP contribution in [0.15, 0.2) is 46.7 Å². The average Bonchev–Trinajstić information content (AvgIpc) is 1.97. The van der Waals surface area contributed by atoms with Crippen LogP contribution in [0, 0.1) is 0 Å². The maximum Gasteiger partial charge on any atom is 0.0260 e. The summed E-state index contributed by atoms with van der Waals surface area (Å²) in [6.07, 6.45) is 10.4. The van der Waals surface area contributed by atoms with Crippen molar-refractivity contribution in [3.05, 3.63) is 36.7 Å². The molecule has 0 saturated heterocycles. The Labute approximate surface area is 61.0 Å². The summed E-state index contributed by atoms with van der Waals surface area (Å²) >= 11 is 0. The Kier molecular flexibility index (Phi) is 6.47. The van der Waals surface area contributed by atoms with Crippen molar-refractivity contribution in [2.45, 2.75) is 0 Å². The molecule has 0 bridgehead atoms. The Morgan fingerprint density at radius 2 is 1.10 bits per heavy atom. The summed E-state index contributed by atoms with van der Waals surface area (Å²) in [5.74, 6) is 0. The van der Waals surface area contributed by atoms with Crippen molar-refractivity contribution >= 4 is 13.4 Å². The summed E-state index contributed by atoms with van der Waals surface area (Å²) < 4.78 is 0. The molecule has 0 radical (unpaired) electrons. The molecule has 2 nitrogen and oxygen atoms in total. The van der Waals surface area contributed by atoms with Crippen LogP contribution in [0.25, 0.3) is 0 Å². The van der Waals surface area contributed by atoms with Crippen molar-refractivity contribution < 1.29 is 0 Å². The van der Waals surface area contributed by atoms with E-state index in [2.05, 4.69) is 23.4 Å². The molecule has 52 valence electrons. The second kappa shape index (κ2) is 7.56. The summed E-state index contributed by atoms with van der Waals surface area (Å²) in [5.41, 5.74) is 0. The van der Waals surface area contributed by atoms with Crippen LogP contribution in [0.3, 0.4) is 0 Å². The Hall–Kier alpha value is -1.44. The van der Waals surface area contributed by atoms with Crippen molar-refractivity contribution in [3.8, 4) is 0 Å². The van der Waals surface area contributed by atoms with Gasteiger partial charge in [-0.3, -0.25) is 9.98 Å². The van der Waals surface area contributed by atoms with E-state index in [9.17, 15) is 0 Å². The number of rotatable bonds is 4. The van der Waals surface area contributed by atoms with Gasteiger partial charge in [0.2, 0.25) is 0 Å². The van der Waals surface area contributed by atoms with E-state index in [0.717, 1.165) is 0 Å². The third kappa shape index (κ3) is 6.56. The van der Waals surface area contributed by atoms with Gasteiger partial charge in [-0.15, -0.1) is 0 Å². The van der Waals surface area contributed by atoms with Crippen LogP contribution in [0.1, 0.15) is 0 Å². The summed E-state index contributed by atoms with van der Waals surface area (Å²) in [7, 11) is 0. The van der Waals surface area contributed by atoms with Crippen LogP contribution in [0.2, 0.25) is 0 Å². The molecule has 0 aromatic carbocycles. The topological polar surface area (TPSA) is 24.7 Å². The fourth-order valence-electron chi connectivity index (χ4n) is 0.349. The summed E-state index contributed by atoms with van der Waals surface area (Å²) in [6.45, 7) is 6.55. The molecule has 0 aromatic rings. The molecule has 0 heterocycles. The maximum absolute atomic E-state index is 3.51. The number of aliphatic imine (C=N–C) groups is 2. The van der Waals surface area contributed by atoms with Gasteiger partial charge in [0, 0.05) is 12.4 Å². The highest BCUT2D eigenvalue weighted by Crippen LogP contribution is 1.79. The van der Waals surface area contributed by atoms with Crippen molar-refractivity contribution in [2.24, 2.45) is 9.98 Å². The first-order valence-electron chi connectivity index (χ1n) is 2.82. The van der Waals surface area contributed by atoms with Crippen LogP contribution < -0.4 is 0 Å². The number of nitrogens with zero attached hydrogens (tertiary/aromatic N) is 2. The van der Waals surface area contributed by atoms with Crippen LogP contribution in [-0.2, 0) is 0 Å². The second-order valence-electron chi connectivity index (χ2n) is 1.43. The van der Waals surface area contributed by atoms with Gasteiger partial charge in [0.25, 0.3) is 0 Å². The van der Waals surface area contributed by atoms with Gasteiger partial charge in [-0.05, 0) is 25.6 Å². The van der Waals surface area contributed by atoms with E-state index in [-0.39, 0.29) is 0 Å². The lowest BCUT2D eigenvalue weighted by Crippen LogP contribution is -1.49. The lowest BCUT2D eigenvalue weighted by molar-refractivity contribution is 1.60. The SMILES string of the molecule is C=NC=CC=CC=CN=C. The molecule has 0 aromatic heterocycles. The van der Waals surface area contributed by atoms with Gasteiger partial charge >= 0.3 is 0 Å². The van der Waals surface area contributed by atoms with Gasteiger partial charge in [-0.25, -0.2) is 0 Å². The molecule has 0 aliphatic heterocycles. The molecule has 10 heavy (non-hydrogen) atoms. The van der Waals surface area contributed by atoms with Crippen LogP contribution in [0.5, 0.6) is 0 Å². The summed E-state index contributed by atoms with van der Waals surface area (Å²) in [4.78, 5) is 7.02. The highest BCUT2D eigenvalue weighted by atomic mass is 14.6. The van der Waals surface area contributed by atoms with Gasteiger partial charge in [0.05, 0.1) is 0 Å². The molecule has 0 rings (SSSR count). The molecule has 0 spiro atoms. The number of allylic oxidation sites excluding steroid dienone is 4. The monoisotopic (exact) mass is 134 g/mol. The van der Waals surface area contributed by atoms with Gasteiger partial charge in [0.15, 0.2) is 0 Å². The minimum Gasteiger partial charge on any atom is -0.273 e. The lowest BCUT2D eigenvalue weighted by Gasteiger charge is -1.70. The standard InChI is InChI=1S/C8H10N2/c1-9-7-5-3-4-6-8-10-2/h3-8H,1-2H2. The Balaban J connectivity index is 3.55. The smallest absolute Gasteiger partial charge is 0.0260 e. The maximum atomic E-state index is 3.51. The van der Waals surface area contributed by atoms with Crippen molar-refractivity contribution in [2.75, 3.05) is 0 Å². The molecular weight excluding hydrogens is 124 g/mol. The average molecular weight is 134 g/mol.